The molecular weight excluding hydrogens is 448 g/mol. The Kier molecular flexibility index (Phi) is 5.92. The molecule has 3 aromatic carbocycles. The van der Waals surface area contributed by atoms with Crippen LogP contribution >= 0.6 is 27.3 Å². The van der Waals surface area contributed by atoms with Crippen molar-refractivity contribution in [1.82, 2.24) is 4.98 Å². The molecule has 0 radical (unpaired) electrons. The SMILES string of the molecule is CCOc1ccc2nc(N(Cc3ccccc3)C(=O)c3ccc(Br)cc3)sc2c1. The molecular formula is C23H19BrN2O2S. The Morgan fingerprint density at radius 2 is 1.83 bits per heavy atom. The topological polar surface area (TPSA) is 42.4 Å². The van der Waals surface area contributed by atoms with Crippen LogP contribution in [0, 0.1) is 0 Å². The van der Waals surface area contributed by atoms with E-state index in [1.165, 1.54) is 11.3 Å². The van der Waals surface area contributed by atoms with E-state index >= 15 is 0 Å². The zero-order chi connectivity index (χ0) is 20.2. The normalized spacial score (nSPS) is 10.8. The summed E-state index contributed by atoms with van der Waals surface area (Å²) >= 11 is 4.92. The van der Waals surface area contributed by atoms with Gasteiger partial charge in [0.25, 0.3) is 5.91 Å². The third kappa shape index (κ3) is 4.49. The Balaban J connectivity index is 1.73. The smallest absolute Gasteiger partial charge is 0.260 e. The monoisotopic (exact) mass is 466 g/mol. The maximum atomic E-state index is 13.4. The minimum Gasteiger partial charge on any atom is -0.494 e. The number of hydrogen-bond donors (Lipinski definition) is 0. The lowest BCUT2D eigenvalue weighted by molar-refractivity contribution is 0.0985. The Bertz CT molecular complexity index is 1130. The van der Waals surface area contributed by atoms with Crippen molar-refractivity contribution >= 4 is 48.5 Å². The summed E-state index contributed by atoms with van der Waals surface area (Å²) in [5.74, 6) is 0.731. The molecule has 29 heavy (non-hydrogen) atoms. The quantitative estimate of drug-likeness (QED) is 0.334. The molecule has 0 unspecified atom stereocenters. The largest absolute Gasteiger partial charge is 0.494 e. The summed E-state index contributed by atoms with van der Waals surface area (Å²) in [5, 5.41) is 0.672. The lowest BCUT2D eigenvalue weighted by atomic mass is 10.1. The number of rotatable bonds is 6. The minimum absolute atomic E-state index is 0.0783. The minimum atomic E-state index is -0.0783. The molecule has 0 fully saturated rings. The van der Waals surface area contributed by atoms with Gasteiger partial charge in [-0.3, -0.25) is 9.69 Å². The van der Waals surface area contributed by atoms with Crippen molar-refractivity contribution in [3.05, 3.63) is 88.4 Å². The van der Waals surface area contributed by atoms with Gasteiger partial charge in [0.1, 0.15) is 5.75 Å². The number of aromatic nitrogens is 1. The molecule has 4 nitrogen and oxygen atoms in total. The van der Waals surface area contributed by atoms with Crippen molar-refractivity contribution in [3.63, 3.8) is 0 Å². The van der Waals surface area contributed by atoms with Crippen LogP contribution in [0.25, 0.3) is 10.2 Å². The molecule has 0 spiro atoms. The molecule has 1 amide bonds. The number of halogens is 1. The second-order valence-electron chi connectivity index (χ2n) is 6.44. The highest BCUT2D eigenvalue weighted by Gasteiger charge is 2.22. The van der Waals surface area contributed by atoms with E-state index in [1.807, 2.05) is 79.7 Å². The first-order valence-electron chi connectivity index (χ1n) is 9.29. The molecule has 1 heterocycles. The average Bonchev–Trinajstić information content (AvgIpc) is 3.16. The molecule has 6 heteroatoms. The second-order valence-corrected chi connectivity index (χ2v) is 8.37. The molecule has 0 saturated carbocycles. The van der Waals surface area contributed by atoms with Crippen LogP contribution in [-0.2, 0) is 6.54 Å². The number of amides is 1. The summed E-state index contributed by atoms with van der Waals surface area (Å²) in [7, 11) is 0. The van der Waals surface area contributed by atoms with E-state index in [9.17, 15) is 4.79 Å². The van der Waals surface area contributed by atoms with E-state index in [0.29, 0.717) is 23.8 Å². The number of ether oxygens (including phenoxy) is 1. The van der Waals surface area contributed by atoms with Crippen LogP contribution in [0.15, 0.2) is 77.3 Å². The number of nitrogens with zero attached hydrogens (tertiary/aromatic N) is 2. The van der Waals surface area contributed by atoms with Gasteiger partial charge < -0.3 is 4.74 Å². The standard InChI is InChI=1S/C23H19BrN2O2S/c1-2-28-19-12-13-20-21(14-19)29-23(25-20)26(15-16-6-4-3-5-7-16)22(27)17-8-10-18(24)11-9-17/h3-14H,2,15H2,1H3. The van der Waals surface area contributed by atoms with Crippen molar-refractivity contribution in [2.75, 3.05) is 11.5 Å². The van der Waals surface area contributed by atoms with Gasteiger partial charge in [0.2, 0.25) is 0 Å². The van der Waals surface area contributed by atoms with Gasteiger partial charge in [0.15, 0.2) is 5.13 Å². The highest BCUT2D eigenvalue weighted by atomic mass is 79.9. The number of carbonyl (C=O) groups excluding carboxylic acids is 1. The predicted molar refractivity (Wildman–Crippen MR) is 122 cm³/mol. The van der Waals surface area contributed by atoms with Gasteiger partial charge in [-0.1, -0.05) is 57.6 Å². The van der Waals surface area contributed by atoms with Gasteiger partial charge in [0, 0.05) is 10.0 Å². The first-order valence-corrected chi connectivity index (χ1v) is 10.9. The third-order valence-electron chi connectivity index (χ3n) is 4.41. The van der Waals surface area contributed by atoms with Crippen molar-refractivity contribution in [2.45, 2.75) is 13.5 Å². The maximum absolute atomic E-state index is 13.4. The van der Waals surface area contributed by atoms with Crippen molar-refractivity contribution in [2.24, 2.45) is 0 Å². The third-order valence-corrected chi connectivity index (χ3v) is 5.98. The van der Waals surface area contributed by atoms with Crippen LogP contribution < -0.4 is 9.64 Å². The molecule has 0 bridgehead atoms. The highest BCUT2D eigenvalue weighted by molar-refractivity contribution is 9.10. The molecule has 4 aromatic rings. The Morgan fingerprint density at radius 3 is 2.55 bits per heavy atom. The van der Waals surface area contributed by atoms with Crippen LogP contribution in [0.2, 0.25) is 0 Å². The molecule has 0 atom stereocenters. The maximum Gasteiger partial charge on any atom is 0.260 e. The molecule has 0 aliphatic heterocycles. The summed E-state index contributed by atoms with van der Waals surface area (Å²) < 4.78 is 7.53. The molecule has 0 N–H and O–H groups in total. The fraction of sp³-hybridized carbons (Fsp3) is 0.130. The lowest BCUT2D eigenvalue weighted by Gasteiger charge is -2.20. The van der Waals surface area contributed by atoms with E-state index < -0.39 is 0 Å². The van der Waals surface area contributed by atoms with Crippen molar-refractivity contribution < 1.29 is 9.53 Å². The summed E-state index contributed by atoms with van der Waals surface area (Å²) in [6.07, 6.45) is 0. The summed E-state index contributed by atoms with van der Waals surface area (Å²) in [5.41, 5.74) is 2.53. The van der Waals surface area contributed by atoms with Crippen molar-refractivity contribution in [1.29, 1.82) is 0 Å². The molecule has 0 aliphatic carbocycles. The molecule has 146 valence electrons. The van der Waals surface area contributed by atoms with E-state index in [-0.39, 0.29) is 5.91 Å². The fourth-order valence-corrected chi connectivity index (χ4v) is 4.26. The predicted octanol–water partition coefficient (Wildman–Crippen LogP) is 6.30. The lowest BCUT2D eigenvalue weighted by Crippen LogP contribution is -2.30. The Labute approximate surface area is 181 Å². The second kappa shape index (κ2) is 8.76. The number of fused-ring (bicyclic) bond motifs is 1. The van der Waals surface area contributed by atoms with Crippen LogP contribution in [0.1, 0.15) is 22.8 Å². The van der Waals surface area contributed by atoms with Crippen LogP contribution in [-0.4, -0.2) is 17.5 Å². The zero-order valence-electron chi connectivity index (χ0n) is 15.8. The first kappa shape index (κ1) is 19.6. The number of thiazole rings is 1. The summed E-state index contributed by atoms with van der Waals surface area (Å²) in [6.45, 7) is 3.02. The van der Waals surface area contributed by atoms with E-state index in [4.69, 9.17) is 9.72 Å². The van der Waals surface area contributed by atoms with Gasteiger partial charge in [0.05, 0.1) is 23.4 Å². The zero-order valence-corrected chi connectivity index (χ0v) is 18.2. The highest BCUT2D eigenvalue weighted by Crippen LogP contribution is 2.33. The number of carbonyl (C=O) groups is 1. The Morgan fingerprint density at radius 1 is 1.07 bits per heavy atom. The average molecular weight is 467 g/mol. The van der Waals surface area contributed by atoms with Gasteiger partial charge >= 0.3 is 0 Å². The van der Waals surface area contributed by atoms with Gasteiger partial charge in [-0.25, -0.2) is 4.98 Å². The molecule has 0 aliphatic rings. The molecule has 1 aromatic heterocycles. The van der Waals surface area contributed by atoms with Crippen LogP contribution in [0.5, 0.6) is 5.75 Å². The van der Waals surface area contributed by atoms with Crippen LogP contribution in [0.4, 0.5) is 5.13 Å². The number of hydrogen-bond acceptors (Lipinski definition) is 4. The molecule has 4 rings (SSSR count). The first-order chi connectivity index (χ1) is 14.1. The van der Waals surface area contributed by atoms with E-state index in [2.05, 4.69) is 15.9 Å². The number of benzene rings is 3. The summed E-state index contributed by atoms with van der Waals surface area (Å²) in [6, 6.07) is 23.2. The van der Waals surface area contributed by atoms with E-state index in [0.717, 1.165) is 26.0 Å². The fourth-order valence-electron chi connectivity index (χ4n) is 3.01. The number of anilines is 1. The Hall–Kier alpha value is -2.70. The molecule has 0 saturated heterocycles. The van der Waals surface area contributed by atoms with Gasteiger partial charge in [-0.15, -0.1) is 0 Å². The van der Waals surface area contributed by atoms with Gasteiger partial charge in [-0.2, -0.15) is 0 Å². The van der Waals surface area contributed by atoms with E-state index in [1.54, 1.807) is 4.90 Å². The van der Waals surface area contributed by atoms with Crippen LogP contribution in [0.3, 0.4) is 0 Å². The van der Waals surface area contributed by atoms with Gasteiger partial charge in [-0.05, 0) is 55.0 Å². The summed E-state index contributed by atoms with van der Waals surface area (Å²) in [4.78, 5) is 19.8. The van der Waals surface area contributed by atoms with Crippen molar-refractivity contribution in [3.8, 4) is 5.75 Å².